The maximum absolute atomic E-state index is 13.1. The van der Waals surface area contributed by atoms with Crippen LogP contribution in [0, 0.1) is 11.6 Å². The third-order valence-electron chi connectivity index (χ3n) is 4.70. The van der Waals surface area contributed by atoms with Crippen molar-refractivity contribution in [2.75, 3.05) is 13.1 Å². The van der Waals surface area contributed by atoms with E-state index in [0.29, 0.717) is 35.9 Å². The maximum atomic E-state index is 13.1. The molecule has 0 spiro atoms. The Morgan fingerprint density at radius 2 is 1.70 bits per heavy atom. The fourth-order valence-corrected chi connectivity index (χ4v) is 3.26. The zero-order valence-corrected chi connectivity index (χ0v) is 14.4. The number of benzene rings is 2. The molecule has 1 aromatic heterocycles. The first-order valence-electron chi connectivity index (χ1n) is 8.74. The summed E-state index contributed by atoms with van der Waals surface area (Å²) in [6, 6.07) is 11.4. The molecule has 1 unspecified atom stereocenters. The molecule has 2 aromatic carbocycles. The Hall–Kier alpha value is -3.09. The fraction of sp³-hybridized carbons (Fsp3) is 0.250. The molecule has 0 N–H and O–H groups in total. The number of likely N-dealkylation sites (tertiary alicyclic amines) is 1. The number of hydrogen-bond donors (Lipinski definition) is 0. The average molecular weight is 369 g/mol. The third kappa shape index (κ3) is 3.72. The monoisotopic (exact) mass is 369 g/mol. The molecular formula is C20H17F2N3O2. The quantitative estimate of drug-likeness (QED) is 0.699. The maximum Gasteiger partial charge on any atom is 0.257 e. The van der Waals surface area contributed by atoms with Crippen molar-refractivity contribution in [1.29, 1.82) is 0 Å². The van der Waals surface area contributed by atoms with Gasteiger partial charge in [-0.1, -0.05) is 5.16 Å². The molecule has 0 radical (unpaired) electrons. The van der Waals surface area contributed by atoms with Crippen LogP contribution in [0.25, 0.3) is 11.5 Å². The molecule has 1 amide bonds. The van der Waals surface area contributed by atoms with Gasteiger partial charge < -0.3 is 9.42 Å². The summed E-state index contributed by atoms with van der Waals surface area (Å²) in [6.07, 6.45) is 1.66. The van der Waals surface area contributed by atoms with Crippen LogP contribution < -0.4 is 0 Å². The minimum atomic E-state index is -0.372. The van der Waals surface area contributed by atoms with Gasteiger partial charge in [0.25, 0.3) is 11.8 Å². The largest absolute Gasteiger partial charge is 0.338 e. The summed E-state index contributed by atoms with van der Waals surface area (Å²) in [7, 11) is 0. The lowest BCUT2D eigenvalue weighted by atomic mass is 9.96. The Morgan fingerprint density at radius 3 is 2.41 bits per heavy atom. The number of nitrogens with zero attached hydrogens (tertiary/aromatic N) is 3. The minimum absolute atomic E-state index is 0.0407. The number of hydrogen-bond acceptors (Lipinski definition) is 4. The second kappa shape index (κ2) is 7.26. The molecule has 0 bridgehead atoms. The van der Waals surface area contributed by atoms with Crippen LogP contribution >= 0.6 is 0 Å². The Bertz CT molecular complexity index is 939. The van der Waals surface area contributed by atoms with Gasteiger partial charge in [0.15, 0.2) is 5.82 Å². The summed E-state index contributed by atoms with van der Waals surface area (Å²) >= 11 is 0. The van der Waals surface area contributed by atoms with Crippen molar-refractivity contribution in [2.24, 2.45) is 0 Å². The Labute approximate surface area is 154 Å². The summed E-state index contributed by atoms with van der Waals surface area (Å²) in [5.74, 6) is -0.0233. The van der Waals surface area contributed by atoms with Crippen molar-refractivity contribution in [1.82, 2.24) is 15.0 Å². The third-order valence-corrected chi connectivity index (χ3v) is 4.70. The molecule has 3 aromatic rings. The highest BCUT2D eigenvalue weighted by atomic mass is 19.1. The molecule has 1 fully saturated rings. The molecule has 1 aliphatic heterocycles. The minimum Gasteiger partial charge on any atom is -0.338 e. The summed E-state index contributed by atoms with van der Waals surface area (Å²) in [6.45, 7) is 1.11. The molecule has 4 rings (SSSR count). The lowest BCUT2D eigenvalue weighted by Gasteiger charge is -2.31. The van der Waals surface area contributed by atoms with Crippen LogP contribution in [0.15, 0.2) is 53.1 Å². The molecular weight excluding hydrogens is 352 g/mol. The number of carbonyl (C=O) groups excluding carboxylic acids is 1. The molecule has 0 aliphatic carbocycles. The molecule has 1 aliphatic rings. The van der Waals surface area contributed by atoms with E-state index in [1.54, 1.807) is 17.0 Å². The van der Waals surface area contributed by atoms with Crippen LogP contribution in [0.5, 0.6) is 0 Å². The van der Waals surface area contributed by atoms with Crippen molar-refractivity contribution in [3.8, 4) is 11.5 Å². The SMILES string of the molecule is O=C(c1ccc(F)cc1)N1CCCC(c2noc(-c3ccc(F)cc3)n2)C1. The van der Waals surface area contributed by atoms with Crippen molar-refractivity contribution >= 4 is 5.91 Å². The van der Waals surface area contributed by atoms with E-state index < -0.39 is 0 Å². The first-order valence-corrected chi connectivity index (χ1v) is 8.74. The zero-order chi connectivity index (χ0) is 18.8. The predicted molar refractivity (Wildman–Crippen MR) is 94.0 cm³/mol. The van der Waals surface area contributed by atoms with Crippen LogP contribution in [-0.4, -0.2) is 34.0 Å². The molecule has 1 atom stereocenters. The van der Waals surface area contributed by atoms with Crippen LogP contribution in [0.4, 0.5) is 8.78 Å². The normalized spacial score (nSPS) is 17.1. The van der Waals surface area contributed by atoms with E-state index >= 15 is 0 Å². The molecule has 0 saturated carbocycles. The first-order chi connectivity index (χ1) is 13.1. The molecule has 7 heteroatoms. The molecule has 1 saturated heterocycles. The van der Waals surface area contributed by atoms with Crippen molar-refractivity contribution in [3.05, 3.63) is 71.6 Å². The lowest BCUT2D eigenvalue weighted by molar-refractivity contribution is 0.0703. The van der Waals surface area contributed by atoms with E-state index in [-0.39, 0.29) is 23.5 Å². The van der Waals surface area contributed by atoms with Crippen LogP contribution in [0.2, 0.25) is 0 Å². The number of carbonyl (C=O) groups is 1. The van der Waals surface area contributed by atoms with E-state index in [1.165, 1.54) is 36.4 Å². The average Bonchev–Trinajstić information content (AvgIpc) is 3.19. The first kappa shape index (κ1) is 17.3. The van der Waals surface area contributed by atoms with Crippen LogP contribution in [0.1, 0.15) is 34.9 Å². The molecule has 5 nitrogen and oxygen atoms in total. The van der Waals surface area contributed by atoms with E-state index in [0.717, 1.165) is 12.8 Å². The van der Waals surface area contributed by atoms with Gasteiger partial charge in [0.1, 0.15) is 11.6 Å². The molecule has 138 valence electrons. The van der Waals surface area contributed by atoms with Gasteiger partial charge in [-0.3, -0.25) is 4.79 Å². The summed E-state index contributed by atoms with van der Waals surface area (Å²) in [4.78, 5) is 18.8. The van der Waals surface area contributed by atoms with Crippen LogP contribution in [-0.2, 0) is 0 Å². The van der Waals surface area contributed by atoms with Gasteiger partial charge >= 0.3 is 0 Å². The highest BCUT2D eigenvalue weighted by Gasteiger charge is 2.28. The number of rotatable bonds is 3. The van der Waals surface area contributed by atoms with Crippen molar-refractivity contribution in [3.63, 3.8) is 0 Å². The summed E-state index contributed by atoms with van der Waals surface area (Å²) < 4.78 is 31.4. The fourth-order valence-electron chi connectivity index (χ4n) is 3.26. The molecule has 2 heterocycles. The lowest BCUT2D eigenvalue weighted by Crippen LogP contribution is -2.39. The smallest absolute Gasteiger partial charge is 0.257 e. The second-order valence-electron chi connectivity index (χ2n) is 6.56. The standard InChI is InChI=1S/C20H17F2N3O2/c21-16-7-3-13(4-8-16)19-23-18(24-27-19)15-2-1-11-25(12-15)20(26)14-5-9-17(22)10-6-14/h3-10,15H,1-2,11-12H2. The van der Waals surface area contributed by atoms with Gasteiger partial charge in [-0.05, 0) is 61.4 Å². The van der Waals surface area contributed by atoms with Crippen molar-refractivity contribution < 1.29 is 18.1 Å². The second-order valence-corrected chi connectivity index (χ2v) is 6.56. The predicted octanol–water partition coefficient (Wildman–Crippen LogP) is 4.03. The van der Waals surface area contributed by atoms with Crippen LogP contribution in [0.3, 0.4) is 0 Å². The van der Waals surface area contributed by atoms with E-state index in [1.807, 2.05) is 0 Å². The number of aromatic nitrogens is 2. The highest BCUT2D eigenvalue weighted by Crippen LogP contribution is 2.28. The molecule has 27 heavy (non-hydrogen) atoms. The van der Waals surface area contributed by atoms with Gasteiger partial charge in [0, 0.05) is 30.1 Å². The van der Waals surface area contributed by atoms with E-state index in [2.05, 4.69) is 10.1 Å². The van der Waals surface area contributed by atoms with Gasteiger partial charge in [-0.15, -0.1) is 0 Å². The van der Waals surface area contributed by atoms with Gasteiger partial charge in [0.2, 0.25) is 0 Å². The Kier molecular flexibility index (Phi) is 4.66. The summed E-state index contributed by atoms with van der Waals surface area (Å²) in [5, 5.41) is 4.05. The topological polar surface area (TPSA) is 59.2 Å². The van der Waals surface area contributed by atoms with Gasteiger partial charge in [0.05, 0.1) is 0 Å². The van der Waals surface area contributed by atoms with E-state index in [9.17, 15) is 13.6 Å². The van der Waals surface area contributed by atoms with Gasteiger partial charge in [-0.2, -0.15) is 4.98 Å². The summed E-state index contributed by atoms with van der Waals surface area (Å²) in [5.41, 5.74) is 1.10. The number of piperidine rings is 1. The number of halogens is 2. The van der Waals surface area contributed by atoms with E-state index in [4.69, 9.17) is 4.52 Å². The Morgan fingerprint density at radius 1 is 1.04 bits per heavy atom. The highest BCUT2D eigenvalue weighted by molar-refractivity contribution is 5.94. The van der Waals surface area contributed by atoms with Crippen molar-refractivity contribution in [2.45, 2.75) is 18.8 Å². The zero-order valence-electron chi connectivity index (χ0n) is 14.4. The Balaban J connectivity index is 1.49. The van der Waals surface area contributed by atoms with Gasteiger partial charge in [-0.25, -0.2) is 8.78 Å². The number of amides is 1.